The first-order chi connectivity index (χ1) is 47.5. The SMILES string of the molecule is CC(C)C[C@@H](N)C(=O)N[C@H]1C(=O)N[C@@H](CC(N)=O)C(=O)N[C@H]2C(=O)N[C@H]3C(=O)N[C@H](C(=O)N[C@H](C(=O)NC4C5CC6CC(C5)CC4C6)c4cc(O)cc(O)c4-c4cc3ccc4O)[C@H](O)c3ccc(c(Cl)c3)Oc3cc2cc(c3OC2OC(CO)C(O)C(O)C2O)Oc2ccc(cc2Cl)[C@H]1O. The average molecular weight is 1430 g/mol. The molecule has 20 N–H and O–H groups in total. The first-order valence-electron chi connectivity index (χ1n) is 32.5. The summed E-state index contributed by atoms with van der Waals surface area (Å²) in [7, 11) is 0. The molecular weight excluding hydrogens is 1350 g/mol. The minimum atomic E-state index is -2.30. The van der Waals surface area contributed by atoms with Crippen LogP contribution in [0.4, 0.5) is 0 Å². The fourth-order valence-corrected chi connectivity index (χ4v) is 15.4. The molecule has 0 spiro atoms. The van der Waals surface area contributed by atoms with Crippen LogP contribution in [0.15, 0.2) is 78.9 Å². The second-order valence-corrected chi connectivity index (χ2v) is 27.9. The number of rotatable bonds is 11. The number of primary amides is 1. The molecule has 1 saturated heterocycles. The smallest absolute Gasteiger partial charge is 0.248 e. The maximum Gasteiger partial charge on any atom is 0.248 e. The van der Waals surface area contributed by atoms with Gasteiger partial charge in [-0.2, -0.15) is 0 Å². The van der Waals surface area contributed by atoms with Gasteiger partial charge in [-0.05, 0) is 151 Å². The number of ether oxygens (including phenoxy) is 4. The number of phenolic OH excluding ortho intramolecular Hbond substituents is 3. The molecule has 0 aromatic heterocycles. The van der Waals surface area contributed by atoms with E-state index in [2.05, 4.69) is 37.2 Å². The summed E-state index contributed by atoms with van der Waals surface area (Å²) >= 11 is 14.0. The standard InChI is InChI=1S/C68H75Cl2N9O21/c1-24(2)9-38(71)61(90)78-53-55(85)28-4-7-42(36(69)16-28)97-44-18-32-19-45(60(44)100-68-59(89)58(88)57(87)46(23-80)99-68)98-43-8-5-29(17-37(43)70)56(86)54-67(96)77-52(65(94)74-49-30-11-25-10-26(13-30)14-31(49)12-25)35-20-33(81)21-41(83)48(35)34-15-27(3-6-40(34)82)50(63(92)79-54)76-64(93)51(32)75-62(91)39(22-47(72)84)73-66(53)95/h3-8,15-21,24-26,30-31,38-39,46,49-59,68,80-83,85-89H,9-14,22-23,71H2,1-2H3,(H2,72,84)(H,73,95)(H,74,94)(H,75,91)(H,76,93)(H,77,96)(H,78,90)(H,79,92)/t25?,26?,30?,31?,38-,39+,46?,49?,50-,51-,52+,53-,54+,55-,56-,57?,58?,59?,68?/m1/s1. The van der Waals surface area contributed by atoms with Gasteiger partial charge in [0.15, 0.2) is 11.5 Å². The van der Waals surface area contributed by atoms with E-state index in [0.717, 1.165) is 86.7 Å². The van der Waals surface area contributed by atoms with Gasteiger partial charge < -0.3 is 114 Å². The van der Waals surface area contributed by atoms with Crippen molar-refractivity contribution in [3.8, 4) is 57.1 Å². The molecule has 6 aliphatic heterocycles. The highest BCUT2D eigenvalue weighted by molar-refractivity contribution is 6.32. The van der Waals surface area contributed by atoms with Crippen molar-refractivity contribution < 1.29 is 103 Å². The number of fused-ring (bicyclic) bond motifs is 15. The zero-order valence-electron chi connectivity index (χ0n) is 53.5. The van der Waals surface area contributed by atoms with E-state index in [9.17, 15) is 60.3 Å². The number of aliphatic hydroxyl groups excluding tert-OH is 6. The van der Waals surface area contributed by atoms with Crippen LogP contribution >= 0.6 is 23.2 Å². The maximum atomic E-state index is 16.0. The minimum absolute atomic E-state index is 0.0858. The lowest BCUT2D eigenvalue weighted by Gasteiger charge is -2.54. The zero-order chi connectivity index (χ0) is 71.6. The number of hydrogen-bond donors (Lipinski definition) is 18. The monoisotopic (exact) mass is 1420 g/mol. The van der Waals surface area contributed by atoms with Crippen molar-refractivity contribution in [3.05, 3.63) is 117 Å². The van der Waals surface area contributed by atoms with E-state index in [0.29, 0.717) is 11.8 Å². The van der Waals surface area contributed by atoms with Crippen molar-refractivity contribution in [2.24, 2.45) is 41.1 Å². The second-order valence-electron chi connectivity index (χ2n) is 27.1. The Kier molecular flexibility index (Phi) is 20.2. The van der Waals surface area contributed by atoms with Crippen LogP contribution in [0, 0.1) is 29.6 Å². The number of nitrogens with one attached hydrogen (secondary N) is 7. The summed E-state index contributed by atoms with van der Waals surface area (Å²) in [5.41, 5.74) is 9.91. The Hall–Kier alpha value is -9.08. The Balaban J connectivity index is 1.06. The van der Waals surface area contributed by atoms with E-state index in [1.807, 2.05) is 0 Å². The summed E-state index contributed by atoms with van der Waals surface area (Å²) in [6.07, 6.45) is -10.4. The molecule has 5 aromatic rings. The molecule has 100 heavy (non-hydrogen) atoms. The molecule has 14 atom stereocenters. The zero-order valence-corrected chi connectivity index (χ0v) is 55.1. The molecule has 32 heteroatoms. The van der Waals surface area contributed by atoms with E-state index in [1.165, 1.54) is 24.3 Å². The van der Waals surface area contributed by atoms with Crippen LogP contribution in [0.1, 0.15) is 117 Å². The molecule has 30 nitrogen and oxygen atoms in total. The van der Waals surface area contributed by atoms with Crippen LogP contribution < -0.4 is 62.9 Å². The van der Waals surface area contributed by atoms with Gasteiger partial charge in [0.1, 0.15) is 102 Å². The summed E-state index contributed by atoms with van der Waals surface area (Å²) in [6.45, 7) is 2.60. The first-order valence-corrected chi connectivity index (χ1v) is 33.3. The van der Waals surface area contributed by atoms with Crippen molar-refractivity contribution in [1.29, 1.82) is 0 Å². The van der Waals surface area contributed by atoms with Crippen molar-refractivity contribution in [1.82, 2.24) is 37.2 Å². The Labute approximate surface area is 580 Å². The van der Waals surface area contributed by atoms with Crippen LogP contribution in [-0.2, 0) is 43.1 Å². The number of phenols is 3. The molecule has 10 aliphatic rings. The third-order valence-electron chi connectivity index (χ3n) is 19.6. The number of carbonyl (C=O) groups excluding carboxylic acids is 8. The first kappa shape index (κ1) is 70.8. The van der Waals surface area contributed by atoms with Crippen LogP contribution in [0.25, 0.3) is 11.1 Å². The molecule has 15 bridgehead atoms. The molecular formula is C68H75Cl2N9O21. The van der Waals surface area contributed by atoms with Gasteiger partial charge in [-0.1, -0.05) is 55.2 Å². The molecule has 4 saturated carbocycles. The number of aromatic hydroxyl groups is 3. The highest BCUT2D eigenvalue weighted by Crippen LogP contribution is 2.55. The lowest BCUT2D eigenvalue weighted by Crippen LogP contribution is -2.60. The summed E-state index contributed by atoms with van der Waals surface area (Å²) in [6, 6.07) is 0.154. The lowest BCUT2D eigenvalue weighted by molar-refractivity contribution is -0.277. The average Bonchev–Trinajstić information content (AvgIpc) is 0.784. The van der Waals surface area contributed by atoms with E-state index in [1.54, 1.807) is 13.8 Å². The number of nitrogens with two attached hydrogens (primary N) is 2. The molecule has 6 heterocycles. The molecule has 4 aliphatic carbocycles. The van der Waals surface area contributed by atoms with E-state index in [-0.39, 0.29) is 85.1 Å². The van der Waals surface area contributed by atoms with Crippen LogP contribution in [-0.4, -0.2) is 161 Å². The predicted octanol–water partition coefficient (Wildman–Crippen LogP) is 1.46. The lowest BCUT2D eigenvalue weighted by atomic mass is 9.54. The quantitative estimate of drug-likeness (QED) is 0.0890. The Morgan fingerprint density at radius 3 is 1.82 bits per heavy atom. The van der Waals surface area contributed by atoms with Crippen LogP contribution in [0.3, 0.4) is 0 Å². The van der Waals surface area contributed by atoms with Crippen LogP contribution in [0.2, 0.25) is 10.0 Å². The van der Waals surface area contributed by atoms with Gasteiger partial charge in [-0.3, -0.25) is 38.4 Å². The third kappa shape index (κ3) is 14.2. The summed E-state index contributed by atoms with van der Waals surface area (Å²) in [5.74, 6) is -13.2. The third-order valence-corrected chi connectivity index (χ3v) is 20.2. The Morgan fingerprint density at radius 1 is 0.630 bits per heavy atom. The number of amides is 8. The summed E-state index contributed by atoms with van der Waals surface area (Å²) in [4.78, 5) is 119. The van der Waals surface area contributed by atoms with Crippen molar-refractivity contribution in [2.75, 3.05) is 6.61 Å². The van der Waals surface area contributed by atoms with Gasteiger partial charge in [0, 0.05) is 23.2 Å². The molecule has 8 amide bonds. The summed E-state index contributed by atoms with van der Waals surface area (Å²) < 4.78 is 25.1. The van der Waals surface area contributed by atoms with Crippen molar-refractivity contribution >= 4 is 70.5 Å². The summed E-state index contributed by atoms with van der Waals surface area (Å²) in [5, 5.41) is 121. The number of hydrogen-bond acceptors (Lipinski definition) is 22. The second kappa shape index (κ2) is 28.5. The number of halogens is 2. The molecule has 5 aromatic carbocycles. The van der Waals surface area contributed by atoms with Crippen molar-refractivity contribution in [2.45, 2.75) is 150 Å². The minimum Gasteiger partial charge on any atom is -0.508 e. The maximum absolute atomic E-state index is 16.0. The van der Waals surface area contributed by atoms with Crippen LogP contribution in [0.5, 0.6) is 46.0 Å². The van der Waals surface area contributed by atoms with Gasteiger partial charge in [0.25, 0.3) is 0 Å². The number of benzene rings is 5. The number of aliphatic hydroxyl groups is 6. The molecule has 5 fully saturated rings. The molecule has 5 unspecified atom stereocenters. The van der Waals surface area contributed by atoms with E-state index >= 15 is 24.0 Å². The van der Waals surface area contributed by atoms with Crippen molar-refractivity contribution in [3.63, 3.8) is 0 Å². The largest absolute Gasteiger partial charge is 0.508 e. The fourth-order valence-electron chi connectivity index (χ4n) is 14.9. The Morgan fingerprint density at radius 2 is 1.22 bits per heavy atom. The Bertz CT molecular complexity index is 4080. The highest BCUT2D eigenvalue weighted by atomic mass is 35.5. The van der Waals surface area contributed by atoms with Gasteiger partial charge in [-0.25, -0.2) is 0 Å². The number of carbonyl (C=O) groups is 8. The molecule has 532 valence electrons. The van der Waals surface area contributed by atoms with E-state index in [4.69, 9.17) is 53.6 Å². The van der Waals surface area contributed by atoms with Gasteiger partial charge >= 0.3 is 0 Å². The van der Waals surface area contributed by atoms with E-state index < -0.39 is 186 Å². The highest BCUT2D eigenvalue weighted by Gasteiger charge is 2.51. The topological polar surface area (TPSA) is 492 Å². The van der Waals surface area contributed by atoms with Gasteiger partial charge in [-0.15, -0.1) is 0 Å². The fraction of sp³-hybridized carbons (Fsp3) is 0.441. The van der Waals surface area contributed by atoms with Gasteiger partial charge in [0.2, 0.25) is 59.3 Å². The molecule has 15 rings (SSSR count). The normalized spacial score (nSPS) is 30.4. The van der Waals surface area contributed by atoms with Gasteiger partial charge in [0.05, 0.1) is 29.1 Å². The molecule has 0 radical (unpaired) electrons. The predicted molar refractivity (Wildman–Crippen MR) is 349 cm³/mol.